The zero-order chi connectivity index (χ0) is 13.5. The van der Waals surface area contributed by atoms with Gasteiger partial charge in [-0.3, -0.25) is 0 Å². The summed E-state index contributed by atoms with van der Waals surface area (Å²) in [7, 11) is 0. The van der Waals surface area contributed by atoms with Gasteiger partial charge in [0.25, 0.3) is 0 Å². The molecule has 1 atom stereocenters. The Balaban J connectivity index is 1.86. The van der Waals surface area contributed by atoms with Gasteiger partial charge in [0.15, 0.2) is 0 Å². The summed E-state index contributed by atoms with van der Waals surface area (Å²) < 4.78 is 5.38. The molecule has 104 valence electrons. The smallest absolute Gasteiger partial charge is 0.327 e. The van der Waals surface area contributed by atoms with E-state index < -0.39 is 0 Å². The van der Waals surface area contributed by atoms with Crippen molar-refractivity contribution in [2.75, 3.05) is 13.2 Å². The molecule has 0 aliphatic carbocycles. The maximum atomic E-state index is 12.1. The second kappa shape index (κ2) is 7.29. The second-order valence-corrected chi connectivity index (χ2v) is 5.06. The second-order valence-electron chi connectivity index (χ2n) is 5.06. The van der Waals surface area contributed by atoms with Crippen LogP contribution in [0, 0.1) is 0 Å². The van der Waals surface area contributed by atoms with Gasteiger partial charge in [0.2, 0.25) is 0 Å². The van der Waals surface area contributed by atoms with Crippen molar-refractivity contribution < 1.29 is 9.53 Å². The monoisotopic (exact) mass is 261 g/mol. The molecule has 3 nitrogen and oxygen atoms in total. The molecule has 0 bridgehead atoms. The Labute approximate surface area is 115 Å². The van der Waals surface area contributed by atoms with Crippen molar-refractivity contribution in [1.29, 1.82) is 0 Å². The Hall–Kier alpha value is -1.35. The Morgan fingerprint density at radius 1 is 1.32 bits per heavy atom. The molecule has 1 aliphatic heterocycles. The lowest BCUT2D eigenvalue weighted by Gasteiger charge is -2.25. The number of carbonyl (C=O) groups excluding carboxylic acids is 1. The molecule has 0 saturated carbocycles. The summed E-state index contributed by atoms with van der Waals surface area (Å²) in [5.41, 5.74) is 2.33. The molecule has 0 saturated heterocycles. The number of hydrogen-bond donors (Lipinski definition) is 1. The summed E-state index contributed by atoms with van der Waals surface area (Å²) in [4.78, 5) is 12.1. The fourth-order valence-corrected chi connectivity index (χ4v) is 2.50. The minimum Gasteiger partial charge on any atom is -0.464 e. The van der Waals surface area contributed by atoms with E-state index in [1.807, 2.05) is 18.2 Å². The van der Waals surface area contributed by atoms with Crippen LogP contribution in [0.25, 0.3) is 0 Å². The highest BCUT2D eigenvalue weighted by molar-refractivity contribution is 5.78. The van der Waals surface area contributed by atoms with Crippen molar-refractivity contribution in [3.63, 3.8) is 0 Å². The summed E-state index contributed by atoms with van der Waals surface area (Å²) in [6, 6.07) is 7.84. The number of ether oxygens (including phenoxy) is 1. The highest BCUT2D eigenvalue weighted by Gasteiger charge is 2.26. The number of fused-ring (bicyclic) bond motifs is 1. The van der Waals surface area contributed by atoms with Gasteiger partial charge in [-0.2, -0.15) is 0 Å². The van der Waals surface area contributed by atoms with Crippen LogP contribution in [0.2, 0.25) is 0 Å². The summed E-state index contributed by atoms with van der Waals surface area (Å²) in [5, 5.41) is 3.25. The van der Waals surface area contributed by atoms with Crippen molar-refractivity contribution in [1.82, 2.24) is 5.32 Å². The predicted octanol–water partition coefficient (Wildman–Crippen LogP) is 3.00. The van der Waals surface area contributed by atoms with E-state index in [9.17, 15) is 4.79 Å². The number of benzene rings is 1. The third-order valence-corrected chi connectivity index (χ3v) is 3.59. The quantitative estimate of drug-likeness (QED) is 0.632. The molecule has 1 aromatic rings. The van der Waals surface area contributed by atoms with E-state index in [0.29, 0.717) is 6.61 Å². The molecule has 1 aromatic carbocycles. The van der Waals surface area contributed by atoms with Crippen LogP contribution in [-0.2, 0) is 16.0 Å². The Kier molecular flexibility index (Phi) is 5.40. The van der Waals surface area contributed by atoms with Crippen LogP contribution in [0.15, 0.2) is 24.3 Å². The van der Waals surface area contributed by atoms with Crippen LogP contribution in [-0.4, -0.2) is 19.1 Å². The van der Waals surface area contributed by atoms with E-state index in [-0.39, 0.29) is 12.0 Å². The number of nitrogens with one attached hydrogen (secondary N) is 1. The molecule has 0 radical (unpaired) electrons. The highest BCUT2D eigenvalue weighted by atomic mass is 16.5. The molecule has 0 aromatic heterocycles. The zero-order valence-corrected chi connectivity index (χ0v) is 11.7. The van der Waals surface area contributed by atoms with E-state index in [2.05, 4.69) is 18.3 Å². The van der Waals surface area contributed by atoms with Crippen molar-refractivity contribution in [3.05, 3.63) is 35.4 Å². The maximum Gasteiger partial charge on any atom is 0.327 e. The van der Waals surface area contributed by atoms with Crippen molar-refractivity contribution in [2.45, 2.75) is 45.1 Å². The van der Waals surface area contributed by atoms with Crippen molar-refractivity contribution in [3.8, 4) is 0 Å². The molecule has 0 spiro atoms. The molecular weight excluding hydrogens is 238 g/mol. The van der Waals surface area contributed by atoms with Gasteiger partial charge in [-0.1, -0.05) is 50.5 Å². The van der Waals surface area contributed by atoms with Gasteiger partial charge in [0.05, 0.1) is 6.61 Å². The van der Waals surface area contributed by atoms with Gasteiger partial charge in [-0.15, -0.1) is 0 Å². The summed E-state index contributed by atoms with van der Waals surface area (Å²) in [6.07, 6.45) is 5.50. The van der Waals surface area contributed by atoms with E-state index >= 15 is 0 Å². The average molecular weight is 261 g/mol. The van der Waals surface area contributed by atoms with E-state index in [1.54, 1.807) is 0 Å². The number of unbranched alkanes of at least 4 members (excludes halogenated alkanes) is 3. The summed E-state index contributed by atoms with van der Waals surface area (Å²) >= 11 is 0. The van der Waals surface area contributed by atoms with Crippen LogP contribution in [0.3, 0.4) is 0 Å². The van der Waals surface area contributed by atoms with Gasteiger partial charge in [0.1, 0.15) is 6.04 Å². The molecule has 2 rings (SSSR count). The lowest BCUT2D eigenvalue weighted by atomic mass is 9.94. The van der Waals surface area contributed by atoms with Gasteiger partial charge in [-0.05, 0) is 24.0 Å². The molecule has 1 N–H and O–H groups in total. The molecule has 19 heavy (non-hydrogen) atoms. The topological polar surface area (TPSA) is 38.3 Å². The van der Waals surface area contributed by atoms with Crippen LogP contribution in [0.1, 0.15) is 49.8 Å². The average Bonchev–Trinajstić information content (AvgIpc) is 2.46. The maximum absolute atomic E-state index is 12.1. The molecule has 1 aliphatic rings. The SMILES string of the molecule is CCCCCCOC(=O)C1NCCc2ccccc21. The first-order valence-corrected chi connectivity index (χ1v) is 7.30. The van der Waals surface area contributed by atoms with Crippen LogP contribution in [0.5, 0.6) is 0 Å². The third kappa shape index (κ3) is 3.80. The zero-order valence-electron chi connectivity index (χ0n) is 11.7. The normalized spacial score (nSPS) is 17.8. The van der Waals surface area contributed by atoms with Crippen LogP contribution >= 0.6 is 0 Å². The fourth-order valence-electron chi connectivity index (χ4n) is 2.50. The van der Waals surface area contributed by atoms with Gasteiger partial charge in [0, 0.05) is 6.54 Å². The first kappa shape index (κ1) is 14.1. The van der Waals surface area contributed by atoms with E-state index in [1.165, 1.54) is 18.4 Å². The van der Waals surface area contributed by atoms with Crippen LogP contribution < -0.4 is 5.32 Å². The molecule has 0 fully saturated rings. The molecule has 0 amide bonds. The molecule has 1 unspecified atom stereocenters. The standard InChI is InChI=1S/C16H23NO2/c1-2-3-4-7-12-19-16(18)15-14-9-6-5-8-13(14)10-11-17-15/h5-6,8-9,15,17H,2-4,7,10-12H2,1H3. The summed E-state index contributed by atoms with van der Waals surface area (Å²) in [6.45, 7) is 3.56. The third-order valence-electron chi connectivity index (χ3n) is 3.59. The minimum absolute atomic E-state index is 0.136. The molecular formula is C16H23NO2. The van der Waals surface area contributed by atoms with Crippen LogP contribution in [0.4, 0.5) is 0 Å². The lowest BCUT2D eigenvalue weighted by molar-refractivity contribution is -0.146. The van der Waals surface area contributed by atoms with Crippen molar-refractivity contribution in [2.24, 2.45) is 0 Å². The first-order chi connectivity index (χ1) is 9.33. The van der Waals surface area contributed by atoms with Crippen molar-refractivity contribution >= 4 is 5.97 Å². The van der Waals surface area contributed by atoms with Gasteiger partial charge in [-0.25, -0.2) is 4.79 Å². The highest BCUT2D eigenvalue weighted by Crippen LogP contribution is 2.23. The predicted molar refractivity (Wildman–Crippen MR) is 76.0 cm³/mol. The lowest BCUT2D eigenvalue weighted by Crippen LogP contribution is -2.36. The fraction of sp³-hybridized carbons (Fsp3) is 0.562. The largest absolute Gasteiger partial charge is 0.464 e. The van der Waals surface area contributed by atoms with E-state index in [4.69, 9.17) is 4.74 Å². The van der Waals surface area contributed by atoms with E-state index in [0.717, 1.165) is 31.4 Å². The van der Waals surface area contributed by atoms with Gasteiger partial charge < -0.3 is 10.1 Å². The number of rotatable bonds is 6. The molecule has 1 heterocycles. The minimum atomic E-state index is -0.281. The summed E-state index contributed by atoms with van der Waals surface area (Å²) in [5.74, 6) is -0.136. The number of esters is 1. The Morgan fingerprint density at radius 2 is 2.16 bits per heavy atom. The first-order valence-electron chi connectivity index (χ1n) is 7.30. The van der Waals surface area contributed by atoms with Gasteiger partial charge >= 0.3 is 5.97 Å². The Bertz CT molecular complexity index is 417. The Morgan fingerprint density at radius 3 is 3.00 bits per heavy atom. The molecule has 3 heteroatoms. The number of carbonyl (C=O) groups is 1. The number of hydrogen-bond acceptors (Lipinski definition) is 3.